The molecule has 0 bridgehead atoms. The molecule has 16 heavy (non-hydrogen) atoms. The predicted octanol–water partition coefficient (Wildman–Crippen LogP) is 2.90. The molecule has 0 heterocycles. The lowest BCUT2D eigenvalue weighted by atomic mass is 10.0. The number of allylic oxidation sites excluding steroid dienone is 1. The average Bonchev–Trinajstić information content (AvgIpc) is 2.32. The van der Waals surface area contributed by atoms with Gasteiger partial charge in [0.1, 0.15) is 5.75 Å². The van der Waals surface area contributed by atoms with Gasteiger partial charge in [-0.25, -0.2) is 0 Å². The van der Waals surface area contributed by atoms with Crippen molar-refractivity contribution in [2.24, 2.45) is 0 Å². The van der Waals surface area contributed by atoms with Crippen LogP contribution in [-0.2, 0) is 6.54 Å². The number of phenols is 1. The summed E-state index contributed by atoms with van der Waals surface area (Å²) in [5.41, 5.74) is 2.17. The van der Waals surface area contributed by atoms with Gasteiger partial charge in [-0.3, -0.25) is 0 Å². The van der Waals surface area contributed by atoms with Crippen LogP contribution in [0.2, 0.25) is 0 Å². The third-order valence-electron chi connectivity index (χ3n) is 3.04. The van der Waals surface area contributed by atoms with Crippen molar-refractivity contribution in [3.8, 4) is 5.75 Å². The van der Waals surface area contributed by atoms with Crippen molar-refractivity contribution in [2.45, 2.75) is 38.8 Å². The van der Waals surface area contributed by atoms with E-state index in [4.69, 9.17) is 0 Å². The Morgan fingerprint density at radius 1 is 1.44 bits per heavy atom. The van der Waals surface area contributed by atoms with E-state index in [1.165, 1.54) is 24.8 Å². The Morgan fingerprint density at radius 2 is 2.31 bits per heavy atom. The molecule has 0 saturated carbocycles. The van der Waals surface area contributed by atoms with Crippen molar-refractivity contribution in [3.63, 3.8) is 0 Å². The molecule has 2 heteroatoms. The average molecular weight is 217 g/mol. The van der Waals surface area contributed by atoms with Gasteiger partial charge in [0.2, 0.25) is 0 Å². The van der Waals surface area contributed by atoms with Gasteiger partial charge < -0.3 is 10.4 Å². The van der Waals surface area contributed by atoms with Gasteiger partial charge in [-0.05, 0) is 32.3 Å². The molecule has 1 atom stereocenters. The van der Waals surface area contributed by atoms with Crippen LogP contribution in [0.5, 0.6) is 5.75 Å². The second-order valence-electron chi connectivity index (χ2n) is 4.48. The van der Waals surface area contributed by atoms with Crippen LogP contribution in [-0.4, -0.2) is 11.1 Å². The third kappa shape index (κ3) is 2.86. The van der Waals surface area contributed by atoms with Crippen LogP contribution in [0, 0.1) is 6.92 Å². The third-order valence-corrected chi connectivity index (χ3v) is 3.04. The van der Waals surface area contributed by atoms with Gasteiger partial charge in [-0.1, -0.05) is 29.8 Å². The van der Waals surface area contributed by atoms with Gasteiger partial charge in [0, 0.05) is 18.2 Å². The molecule has 2 rings (SSSR count). The lowest BCUT2D eigenvalue weighted by Gasteiger charge is -2.18. The smallest absolute Gasteiger partial charge is 0.120 e. The summed E-state index contributed by atoms with van der Waals surface area (Å²) >= 11 is 0. The Bertz CT molecular complexity index is 384. The molecule has 1 aromatic rings. The van der Waals surface area contributed by atoms with Crippen LogP contribution >= 0.6 is 0 Å². The van der Waals surface area contributed by atoms with Gasteiger partial charge >= 0.3 is 0 Å². The maximum atomic E-state index is 9.71. The summed E-state index contributed by atoms with van der Waals surface area (Å²) < 4.78 is 0. The minimum absolute atomic E-state index is 0.387. The molecule has 0 aromatic heterocycles. The fourth-order valence-corrected chi connectivity index (χ4v) is 2.08. The lowest BCUT2D eigenvalue weighted by Crippen LogP contribution is -2.27. The van der Waals surface area contributed by atoms with Crippen LogP contribution in [0.4, 0.5) is 0 Å². The second-order valence-corrected chi connectivity index (χ2v) is 4.48. The van der Waals surface area contributed by atoms with Gasteiger partial charge in [0.05, 0.1) is 0 Å². The fraction of sp³-hybridized carbons (Fsp3) is 0.429. The van der Waals surface area contributed by atoms with Crippen molar-refractivity contribution >= 4 is 0 Å². The van der Waals surface area contributed by atoms with E-state index in [9.17, 15) is 5.11 Å². The van der Waals surface area contributed by atoms with E-state index in [-0.39, 0.29) is 0 Å². The van der Waals surface area contributed by atoms with E-state index in [1.807, 2.05) is 19.1 Å². The molecule has 0 spiro atoms. The highest BCUT2D eigenvalue weighted by Gasteiger charge is 2.08. The number of hydrogen-bond acceptors (Lipinski definition) is 2. The number of rotatable bonds is 3. The Kier molecular flexibility index (Phi) is 3.62. The van der Waals surface area contributed by atoms with Gasteiger partial charge in [-0.15, -0.1) is 0 Å². The van der Waals surface area contributed by atoms with Gasteiger partial charge in [-0.2, -0.15) is 0 Å². The fourth-order valence-electron chi connectivity index (χ4n) is 2.08. The SMILES string of the molecule is Cc1ccc(O)c(CNC2C=CCCC2)c1. The van der Waals surface area contributed by atoms with E-state index in [2.05, 4.69) is 17.5 Å². The molecular formula is C14H19NO. The lowest BCUT2D eigenvalue weighted by molar-refractivity contribution is 0.457. The molecule has 0 aliphatic heterocycles. The summed E-state index contributed by atoms with van der Waals surface area (Å²) in [4.78, 5) is 0. The van der Waals surface area contributed by atoms with Crippen LogP contribution in [0.3, 0.4) is 0 Å². The molecule has 86 valence electrons. The summed E-state index contributed by atoms with van der Waals surface area (Å²) in [7, 11) is 0. The maximum Gasteiger partial charge on any atom is 0.120 e. The Morgan fingerprint density at radius 3 is 3.06 bits per heavy atom. The number of aryl methyl sites for hydroxylation is 1. The first-order valence-electron chi connectivity index (χ1n) is 5.94. The summed E-state index contributed by atoms with van der Waals surface area (Å²) in [5.74, 6) is 0.387. The summed E-state index contributed by atoms with van der Waals surface area (Å²) in [6.45, 7) is 2.78. The molecule has 0 radical (unpaired) electrons. The molecule has 2 N–H and O–H groups in total. The van der Waals surface area contributed by atoms with Crippen molar-refractivity contribution in [3.05, 3.63) is 41.5 Å². The van der Waals surface area contributed by atoms with E-state index in [0.717, 1.165) is 12.1 Å². The minimum atomic E-state index is 0.387. The van der Waals surface area contributed by atoms with Crippen LogP contribution in [0.25, 0.3) is 0 Å². The quantitative estimate of drug-likeness (QED) is 0.763. The van der Waals surface area contributed by atoms with Crippen molar-refractivity contribution in [1.82, 2.24) is 5.32 Å². The first kappa shape index (κ1) is 11.2. The topological polar surface area (TPSA) is 32.3 Å². The summed E-state index contributed by atoms with van der Waals surface area (Å²) in [6, 6.07) is 6.20. The van der Waals surface area contributed by atoms with E-state index >= 15 is 0 Å². The highest BCUT2D eigenvalue weighted by atomic mass is 16.3. The minimum Gasteiger partial charge on any atom is -0.508 e. The molecular weight excluding hydrogens is 198 g/mol. The molecule has 0 saturated heterocycles. The first-order valence-corrected chi connectivity index (χ1v) is 5.94. The normalized spacial score (nSPS) is 19.9. The Hall–Kier alpha value is -1.28. The molecule has 0 fully saturated rings. The van der Waals surface area contributed by atoms with Crippen LogP contribution < -0.4 is 5.32 Å². The van der Waals surface area contributed by atoms with Crippen LogP contribution in [0.1, 0.15) is 30.4 Å². The largest absolute Gasteiger partial charge is 0.508 e. The zero-order valence-corrected chi connectivity index (χ0v) is 9.74. The molecule has 1 aliphatic rings. The molecule has 2 nitrogen and oxygen atoms in total. The van der Waals surface area contributed by atoms with Crippen molar-refractivity contribution in [2.75, 3.05) is 0 Å². The standard InChI is InChI=1S/C14H19NO/c1-11-7-8-14(16)12(9-11)10-15-13-5-3-2-4-6-13/h3,5,7-9,13,15-16H,2,4,6,10H2,1H3. The first-order chi connectivity index (χ1) is 7.75. The number of aromatic hydroxyl groups is 1. The summed E-state index contributed by atoms with van der Waals surface area (Å²) in [5, 5.41) is 13.2. The molecule has 1 aliphatic carbocycles. The summed E-state index contributed by atoms with van der Waals surface area (Å²) in [6.07, 6.45) is 8.12. The Labute approximate surface area is 97.0 Å². The Balaban J connectivity index is 1.95. The van der Waals surface area contributed by atoms with Gasteiger partial charge in [0.15, 0.2) is 0 Å². The van der Waals surface area contributed by atoms with E-state index in [1.54, 1.807) is 6.07 Å². The molecule has 0 amide bonds. The zero-order chi connectivity index (χ0) is 11.4. The number of phenolic OH excluding ortho intramolecular Hbond substituents is 1. The monoisotopic (exact) mass is 217 g/mol. The number of nitrogens with one attached hydrogen (secondary N) is 1. The predicted molar refractivity (Wildman–Crippen MR) is 66.5 cm³/mol. The second kappa shape index (κ2) is 5.17. The van der Waals surface area contributed by atoms with E-state index in [0.29, 0.717) is 11.8 Å². The zero-order valence-electron chi connectivity index (χ0n) is 9.74. The van der Waals surface area contributed by atoms with Gasteiger partial charge in [0.25, 0.3) is 0 Å². The van der Waals surface area contributed by atoms with Crippen LogP contribution in [0.15, 0.2) is 30.4 Å². The number of hydrogen-bond donors (Lipinski definition) is 2. The van der Waals surface area contributed by atoms with Crippen molar-refractivity contribution < 1.29 is 5.11 Å². The molecule has 1 aromatic carbocycles. The highest BCUT2D eigenvalue weighted by Crippen LogP contribution is 2.19. The maximum absolute atomic E-state index is 9.71. The van der Waals surface area contributed by atoms with E-state index < -0.39 is 0 Å². The number of benzene rings is 1. The highest BCUT2D eigenvalue weighted by molar-refractivity contribution is 5.35. The molecule has 1 unspecified atom stereocenters. The van der Waals surface area contributed by atoms with Crippen molar-refractivity contribution in [1.29, 1.82) is 0 Å².